The molecule has 2 aromatic rings. The van der Waals surface area contributed by atoms with Crippen molar-refractivity contribution < 1.29 is 19.2 Å². The molecule has 0 aromatic heterocycles. The van der Waals surface area contributed by atoms with Crippen molar-refractivity contribution in [1.82, 2.24) is 9.80 Å². The van der Waals surface area contributed by atoms with Crippen molar-refractivity contribution in [3.05, 3.63) is 71.3 Å². The molecule has 3 N–H and O–H groups in total. The van der Waals surface area contributed by atoms with Crippen LogP contribution in [0.15, 0.2) is 59.8 Å². The summed E-state index contributed by atoms with van der Waals surface area (Å²) in [5.74, 6) is 0.0268. The zero-order valence-corrected chi connectivity index (χ0v) is 27.0. The molecule has 11 heteroatoms. The lowest BCUT2D eigenvalue weighted by molar-refractivity contribution is 0.0819. The minimum atomic E-state index is -1.87. The van der Waals surface area contributed by atoms with E-state index in [-0.39, 0.29) is 56.6 Å². The van der Waals surface area contributed by atoms with Crippen molar-refractivity contribution in [1.29, 1.82) is 0 Å². The molecule has 218 valence electrons. The minimum Gasteiger partial charge on any atom is -0.445 e. The van der Waals surface area contributed by atoms with Crippen LogP contribution in [0.3, 0.4) is 0 Å². The third-order valence-electron chi connectivity index (χ3n) is 7.56. The van der Waals surface area contributed by atoms with Gasteiger partial charge >= 0.3 is 6.09 Å². The van der Waals surface area contributed by atoms with E-state index < -0.39 is 14.4 Å². The highest BCUT2D eigenvalue weighted by Gasteiger charge is 2.41. The number of hydrogen-bond acceptors (Lipinski definition) is 6. The second kappa shape index (κ2) is 15.0. The van der Waals surface area contributed by atoms with E-state index in [1.54, 1.807) is 18.0 Å². The number of amides is 1. The van der Waals surface area contributed by atoms with Crippen molar-refractivity contribution in [2.24, 2.45) is 10.9 Å². The van der Waals surface area contributed by atoms with Crippen LogP contribution in [0.5, 0.6) is 0 Å². The van der Waals surface area contributed by atoms with Crippen LogP contribution in [0.25, 0.3) is 0 Å². The third kappa shape index (κ3) is 9.46. The van der Waals surface area contributed by atoms with Crippen LogP contribution < -0.4 is 5.73 Å². The second-order valence-electron chi connectivity index (χ2n) is 11.3. The van der Waals surface area contributed by atoms with Crippen LogP contribution in [0.4, 0.5) is 4.79 Å². The topological polar surface area (TPSA) is 101 Å². The minimum absolute atomic E-state index is 0. The molecule has 1 saturated heterocycles. The number of amidine groups is 1. The number of carbonyl (C=O) groups excluding carboxylic acids is 1. The molecule has 0 spiro atoms. The summed E-state index contributed by atoms with van der Waals surface area (Å²) >= 11 is 0. The largest absolute Gasteiger partial charge is 0.445 e. The van der Waals surface area contributed by atoms with E-state index in [9.17, 15) is 4.79 Å². The number of likely N-dealkylation sites (N-methyl/N-ethyl adjacent to an activating group) is 1. The van der Waals surface area contributed by atoms with Crippen LogP contribution in [0.1, 0.15) is 49.9 Å². The van der Waals surface area contributed by atoms with E-state index in [4.69, 9.17) is 20.1 Å². The molecule has 0 saturated carbocycles. The van der Waals surface area contributed by atoms with Gasteiger partial charge in [0.15, 0.2) is 14.2 Å². The van der Waals surface area contributed by atoms with Gasteiger partial charge in [-0.15, -0.1) is 0 Å². The Morgan fingerprint density at radius 3 is 2.46 bits per heavy atom. The highest BCUT2D eigenvalue weighted by atomic mass is 32.1. The molecule has 3 rings (SSSR count). The Morgan fingerprint density at radius 1 is 1.18 bits per heavy atom. The SMILES string of the molecule is CN(C(=O)OCc1ccccc1)C(CN1CC[C@@H](O[Si](C)(C)C(C)(C)C)C1)c1cccc(C(N)=NO)c1.S.S. The average molecular weight is 595 g/mol. The molecular formula is C28H46N4O4S2Si. The number of ether oxygens (including phenoxy) is 1. The quantitative estimate of drug-likeness (QED) is 0.132. The molecule has 0 radical (unpaired) electrons. The monoisotopic (exact) mass is 594 g/mol. The first-order valence-electron chi connectivity index (χ1n) is 12.8. The van der Waals surface area contributed by atoms with Crippen molar-refractivity contribution in [2.75, 3.05) is 26.7 Å². The van der Waals surface area contributed by atoms with Crippen molar-refractivity contribution in [3.63, 3.8) is 0 Å². The van der Waals surface area contributed by atoms with Gasteiger partial charge in [0, 0.05) is 32.2 Å². The van der Waals surface area contributed by atoms with E-state index in [0.29, 0.717) is 12.1 Å². The van der Waals surface area contributed by atoms with Gasteiger partial charge in [-0.2, -0.15) is 27.0 Å². The molecule has 1 amide bonds. The van der Waals surface area contributed by atoms with Gasteiger partial charge in [0.05, 0.1) is 12.1 Å². The van der Waals surface area contributed by atoms with Crippen molar-refractivity contribution in [3.8, 4) is 0 Å². The van der Waals surface area contributed by atoms with Crippen LogP contribution >= 0.6 is 27.0 Å². The van der Waals surface area contributed by atoms with Crippen LogP contribution in [-0.2, 0) is 15.8 Å². The Labute approximate surface area is 248 Å². The number of hydrogen-bond donors (Lipinski definition) is 2. The number of carbonyl (C=O) groups is 1. The molecule has 1 heterocycles. The maximum atomic E-state index is 13.1. The van der Waals surface area contributed by atoms with Gasteiger partial charge in [0.25, 0.3) is 0 Å². The summed E-state index contributed by atoms with van der Waals surface area (Å²) in [7, 11) is -0.115. The first-order chi connectivity index (χ1) is 17.4. The molecule has 1 aliphatic heterocycles. The van der Waals surface area contributed by atoms with Gasteiger partial charge in [-0.1, -0.05) is 74.5 Å². The lowest BCUT2D eigenvalue weighted by Gasteiger charge is -2.38. The van der Waals surface area contributed by atoms with Crippen molar-refractivity contribution >= 4 is 47.2 Å². The number of nitrogens with two attached hydrogens (primary N) is 1. The predicted molar refractivity (Wildman–Crippen MR) is 170 cm³/mol. The Kier molecular flexibility index (Phi) is 13.4. The summed E-state index contributed by atoms with van der Waals surface area (Å²) in [5.41, 5.74) is 8.27. The number of rotatable bonds is 9. The second-order valence-corrected chi connectivity index (χ2v) is 16.1. The maximum absolute atomic E-state index is 13.1. The smallest absolute Gasteiger partial charge is 0.410 e. The molecule has 2 atom stereocenters. The highest BCUT2D eigenvalue weighted by molar-refractivity contribution is 7.59. The summed E-state index contributed by atoms with van der Waals surface area (Å²) in [6.45, 7) is 13.9. The molecule has 1 fully saturated rings. The van der Waals surface area contributed by atoms with Gasteiger partial charge in [-0.3, -0.25) is 4.90 Å². The molecule has 0 bridgehead atoms. The summed E-state index contributed by atoms with van der Waals surface area (Å²) in [4.78, 5) is 17.1. The van der Waals surface area contributed by atoms with Gasteiger partial charge in [0.2, 0.25) is 0 Å². The number of likely N-dealkylation sites (tertiary alicyclic amines) is 1. The zero-order valence-electron chi connectivity index (χ0n) is 24.0. The lowest BCUT2D eigenvalue weighted by Crippen LogP contribution is -2.45. The van der Waals surface area contributed by atoms with Gasteiger partial charge in [-0.25, -0.2) is 4.79 Å². The summed E-state index contributed by atoms with van der Waals surface area (Å²) in [6, 6.07) is 16.8. The summed E-state index contributed by atoms with van der Waals surface area (Å²) in [6.07, 6.45) is 0.739. The number of nitrogens with zero attached hydrogens (tertiary/aromatic N) is 3. The Bertz CT molecular complexity index is 1080. The Balaban J connectivity index is 0.00000380. The summed E-state index contributed by atoms with van der Waals surface area (Å²) < 4.78 is 12.3. The summed E-state index contributed by atoms with van der Waals surface area (Å²) in [5, 5.41) is 12.5. The molecule has 1 aliphatic rings. The van der Waals surface area contributed by atoms with Gasteiger partial charge < -0.3 is 25.0 Å². The van der Waals surface area contributed by atoms with Crippen LogP contribution in [-0.4, -0.2) is 68.0 Å². The standard InChI is InChI=1S/C28H42N4O4Si.2H2S/c1-28(2,3)37(5,6)36-24-15-16-32(18-24)19-25(22-13-10-14-23(17-22)26(29)30-34)31(4)27(33)35-20-21-11-8-7-9-12-21;;/h7-14,17,24-25,34H,15-16,18-20H2,1-6H3,(H2,29,30);2*1H2/t24-,25?;;/m1../s1. The zero-order chi connectivity index (χ0) is 27.2. The van der Waals surface area contributed by atoms with Gasteiger partial charge in [-0.05, 0) is 41.7 Å². The normalized spacial score (nSPS) is 17.1. The van der Waals surface area contributed by atoms with Crippen molar-refractivity contribution in [2.45, 2.75) is 64.1 Å². The fourth-order valence-electron chi connectivity index (χ4n) is 4.26. The van der Waals surface area contributed by atoms with Gasteiger partial charge in [0.1, 0.15) is 6.61 Å². The molecular weight excluding hydrogens is 549 g/mol. The number of oxime groups is 1. The predicted octanol–water partition coefficient (Wildman–Crippen LogP) is 5.41. The molecule has 8 nitrogen and oxygen atoms in total. The fraction of sp³-hybridized carbons (Fsp3) is 0.500. The highest BCUT2D eigenvalue weighted by Crippen LogP contribution is 2.38. The van der Waals surface area contributed by atoms with E-state index in [2.05, 4.69) is 43.9 Å². The first kappa shape index (κ1) is 34.8. The molecule has 39 heavy (non-hydrogen) atoms. The first-order valence-corrected chi connectivity index (χ1v) is 15.7. The lowest BCUT2D eigenvalue weighted by atomic mass is 10.0. The van der Waals surface area contributed by atoms with E-state index in [1.807, 2.05) is 48.5 Å². The molecule has 0 aliphatic carbocycles. The van der Waals surface area contributed by atoms with E-state index in [1.165, 1.54) is 0 Å². The molecule has 1 unspecified atom stereocenters. The number of benzene rings is 2. The Morgan fingerprint density at radius 2 is 1.85 bits per heavy atom. The molecule has 2 aromatic carbocycles. The maximum Gasteiger partial charge on any atom is 0.410 e. The van der Waals surface area contributed by atoms with E-state index in [0.717, 1.165) is 30.6 Å². The fourth-order valence-corrected chi connectivity index (χ4v) is 5.64. The van der Waals surface area contributed by atoms with Crippen LogP contribution in [0.2, 0.25) is 18.1 Å². The van der Waals surface area contributed by atoms with Crippen LogP contribution in [0, 0.1) is 0 Å². The average Bonchev–Trinajstić information content (AvgIpc) is 3.31. The third-order valence-corrected chi connectivity index (χ3v) is 12.1. The van der Waals surface area contributed by atoms with E-state index >= 15 is 0 Å². The Hall–Kier alpha value is -2.18.